The average Bonchev–Trinajstić information content (AvgIpc) is 2.48. The Bertz CT molecular complexity index is 498. The Balaban J connectivity index is 1.76. The maximum atomic E-state index is 11.9. The molecule has 0 atom stereocenters. The number of rotatable bonds is 6. The predicted molar refractivity (Wildman–Crippen MR) is 83.8 cm³/mol. The molecule has 5 heteroatoms. The van der Waals surface area contributed by atoms with E-state index in [9.17, 15) is 9.59 Å². The first-order chi connectivity index (χ1) is 10.2. The van der Waals surface area contributed by atoms with Gasteiger partial charge in [-0.2, -0.15) is 0 Å². The molecule has 1 aromatic carbocycles. The van der Waals surface area contributed by atoms with Gasteiger partial charge in [-0.1, -0.05) is 31.4 Å². The molecule has 4 nitrogen and oxygen atoms in total. The van der Waals surface area contributed by atoms with Gasteiger partial charge >= 0.3 is 5.97 Å². The van der Waals surface area contributed by atoms with Crippen LogP contribution in [0.3, 0.4) is 0 Å². The van der Waals surface area contributed by atoms with Crippen LogP contribution in [0.5, 0.6) is 0 Å². The van der Waals surface area contributed by atoms with Crippen LogP contribution in [-0.4, -0.2) is 28.8 Å². The quantitative estimate of drug-likeness (QED) is 0.791. The normalized spacial score (nSPS) is 15.6. The smallest absolute Gasteiger partial charge is 0.336 e. The van der Waals surface area contributed by atoms with Gasteiger partial charge in [-0.05, 0) is 25.0 Å². The summed E-state index contributed by atoms with van der Waals surface area (Å²) >= 11 is 1.42. The Hall–Kier alpha value is -1.49. The summed E-state index contributed by atoms with van der Waals surface area (Å²) in [5.41, 5.74) is 0.301. The number of hydrogen-bond acceptors (Lipinski definition) is 3. The monoisotopic (exact) mass is 307 g/mol. The van der Waals surface area contributed by atoms with Crippen molar-refractivity contribution in [3.63, 3.8) is 0 Å². The van der Waals surface area contributed by atoms with Crippen molar-refractivity contribution in [2.75, 3.05) is 5.75 Å². The molecule has 0 radical (unpaired) electrons. The SMILES string of the molecule is O=C(CCSc1ccccc1C(=O)O)NC1CCCCC1. The summed E-state index contributed by atoms with van der Waals surface area (Å²) in [6.45, 7) is 0. The van der Waals surface area contributed by atoms with Gasteiger partial charge in [0.2, 0.25) is 5.91 Å². The highest BCUT2D eigenvalue weighted by atomic mass is 32.2. The van der Waals surface area contributed by atoms with Crippen LogP contribution < -0.4 is 5.32 Å². The molecule has 21 heavy (non-hydrogen) atoms. The molecule has 0 bridgehead atoms. The molecular formula is C16H21NO3S. The van der Waals surface area contributed by atoms with Crippen LogP contribution in [0.25, 0.3) is 0 Å². The second kappa shape index (κ2) is 8.08. The van der Waals surface area contributed by atoms with E-state index in [0.717, 1.165) is 17.7 Å². The molecule has 0 aliphatic heterocycles. The van der Waals surface area contributed by atoms with Gasteiger partial charge in [-0.15, -0.1) is 11.8 Å². The predicted octanol–water partition coefficient (Wildman–Crippen LogP) is 3.32. The molecule has 1 saturated carbocycles. The number of carbonyl (C=O) groups excluding carboxylic acids is 1. The van der Waals surface area contributed by atoms with E-state index in [1.807, 2.05) is 6.07 Å². The first kappa shape index (κ1) is 15.9. The summed E-state index contributed by atoms with van der Waals surface area (Å²) in [6.07, 6.45) is 6.27. The van der Waals surface area contributed by atoms with Crippen molar-refractivity contribution in [1.82, 2.24) is 5.32 Å². The number of carboxylic acids is 1. The summed E-state index contributed by atoms with van der Waals surface area (Å²) in [4.78, 5) is 23.7. The number of amides is 1. The topological polar surface area (TPSA) is 66.4 Å². The standard InChI is InChI=1S/C16H21NO3S/c18-15(17-12-6-2-1-3-7-12)10-11-21-14-9-5-4-8-13(14)16(19)20/h4-5,8-9,12H,1-3,6-7,10-11H2,(H,17,18)(H,19,20). The third-order valence-corrected chi connectivity index (χ3v) is 4.75. The first-order valence-corrected chi connectivity index (χ1v) is 8.40. The van der Waals surface area contributed by atoms with Gasteiger partial charge in [0.05, 0.1) is 5.56 Å². The third-order valence-electron chi connectivity index (χ3n) is 3.67. The molecular weight excluding hydrogens is 286 g/mol. The van der Waals surface area contributed by atoms with Gasteiger partial charge in [-0.25, -0.2) is 4.79 Å². The lowest BCUT2D eigenvalue weighted by Gasteiger charge is -2.22. The van der Waals surface area contributed by atoms with E-state index in [1.54, 1.807) is 18.2 Å². The van der Waals surface area contributed by atoms with Crippen LogP contribution in [0, 0.1) is 0 Å². The number of carbonyl (C=O) groups is 2. The van der Waals surface area contributed by atoms with Crippen molar-refractivity contribution >= 4 is 23.6 Å². The molecule has 1 amide bonds. The van der Waals surface area contributed by atoms with Crippen LogP contribution in [0.1, 0.15) is 48.9 Å². The highest BCUT2D eigenvalue weighted by Gasteiger charge is 2.16. The summed E-state index contributed by atoms with van der Waals surface area (Å²) in [7, 11) is 0. The van der Waals surface area contributed by atoms with Gasteiger partial charge in [0.1, 0.15) is 0 Å². The highest BCUT2D eigenvalue weighted by Crippen LogP contribution is 2.23. The Labute approximate surface area is 129 Å². The van der Waals surface area contributed by atoms with Crippen molar-refractivity contribution in [2.45, 2.75) is 49.5 Å². The minimum Gasteiger partial charge on any atom is -0.478 e. The Kier molecular flexibility index (Phi) is 6.11. The van der Waals surface area contributed by atoms with Gasteiger partial charge < -0.3 is 10.4 Å². The molecule has 0 unspecified atom stereocenters. The number of nitrogens with one attached hydrogen (secondary N) is 1. The Morgan fingerprint density at radius 1 is 1.19 bits per heavy atom. The molecule has 0 spiro atoms. The van der Waals surface area contributed by atoms with E-state index in [-0.39, 0.29) is 5.91 Å². The summed E-state index contributed by atoms with van der Waals surface area (Å²) in [5, 5.41) is 12.2. The fourth-order valence-electron chi connectivity index (χ4n) is 2.57. The molecule has 0 saturated heterocycles. The molecule has 0 heterocycles. The Morgan fingerprint density at radius 2 is 1.90 bits per heavy atom. The van der Waals surface area contributed by atoms with E-state index < -0.39 is 5.97 Å². The maximum Gasteiger partial charge on any atom is 0.336 e. The number of carboxylic acid groups (broad SMARTS) is 1. The van der Waals surface area contributed by atoms with E-state index in [4.69, 9.17) is 5.11 Å². The van der Waals surface area contributed by atoms with Crippen LogP contribution >= 0.6 is 11.8 Å². The largest absolute Gasteiger partial charge is 0.478 e. The number of hydrogen-bond donors (Lipinski definition) is 2. The summed E-state index contributed by atoms with van der Waals surface area (Å²) < 4.78 is 0. The molecule has 1 aliphatic rings. The zero-order valence-corrected chi connectivity index (χ0v) is 12.8. The number of aromatic carboxylic acids is 1. The summed E-state index contributed by atoms with van der Waals surface area (Å²) in [6, 6.07) is 7.24. The molecule has 114 valence electrons. The summed E-state index contributed by atoms with van der Waals surface area (Å²) in [5.74, 6) is -0.255. The van der Waals surface area contributed by atoms with Crippen molar-refractivity contribution < 1.29 is 14.7 Å². The van der Waals surface area contributed by atoms with E-state index in [0.29, 0.717) is 23.8 Å². The van der Waals surface area contributed by atoms with Crippen LogP contribution in [0.15, 0.2) is 29.2 Å². The average molecular weight is 307 g/mol. The Morgan fingerprint density at radius 3 is 2.62 bits per heavy atom. The molecule has 2 rings (SSSR count). The lowest BCUT2D eigenvalue weighted by Crippen LogP contribution is -2.36. The van der Waals surface area contributed by atoms with Gasteiger partial charge in [0.15, 0.2) is 0 Å². The fourth-order valence-corrected chi connectivity index (χ4v) is 3.56. The maximum absolute atomic E-state index is 11.9. The second-order valence-electron chi connectivity index (χ2n) is 5.30. The van der Waals surface area contributed by atoms with Gasteiger partial charge in [0.25, 0.3) is 0 Å². The second-order valence-corrected chi connectivity index (χ2v) is 6.44. The fraction of sp³-hybridized carbons (Fsp3) is 0.500. The van der Waals surface area contributed by atoms with Gasteiger partial charge in [0, 0.05) is 23.1 Å². The lowest BCUT2D eigenvalue weighted by atomic mass is 9.95. The molecule has 1 aliphatic carbocycles. The highest BCUT2D eigenvalue weighted by molar-refractivity contribution is 7.99. The van der Waals surface area contributed by atoms with Gasteiger partial charge in [-0.3, -0.25) is 4.79 Å². The zero-order chi connectivity index (χ0) is 15.1. The van der Waals surface area contributed by atoms with Crippen molar-refractivity contribution in [1.29, 1.82) is 0 Å². The van der Waals surface area contributed by atoms with Crippen molar-refractivity contribution in [3.05, 3.63) is 29.8 Å². The minimum absolute atomic E-state index is 0.0715. The van der Waals surface area contributed by atoms with Crippen LogP contribution in [-0.2, 0) is 4.79 Å². The lowest BCUT2D eigenvalue weighted by molar-refractivity contribution is -0.121. The molecule has 1 aromatic rings. The zero-order valence-electron chi connectivity index (χ0n) is 12.0. The van der Waals surface area contributed by atoms with E-state index in [2.05, 4.69) is 5.32 Å². The van der Waals surface area contributed by atoms with Crippen molar-refractivity contribution in [3.8, 4) is 0 Å². The number of thioether (sulfide) groups is 1. The molecule has 0 aromatic heterocycles. The minimum atomic E-state index is -0.926. The molecule has 2 N–H and O–H groups in total. The van der Waals surface area contributed by atoms with Crippen molar-refractivity contribution in [2.24, 2.45) is 0 Å². The first-order valence-electron chi connectivity index (χ1n) is 7.41. The number of benzene rings is 1. The molecule has 1 fully saturated rings. The van der Waals surface area contributed by atoms with Crippen LogP contribution in [0.4, 0.5) is 0 Å². The third kappa shape index (κ3) is 5.08. The van der Waals surface area contributed by atoms with E-state index in [1.165, 1.54) is 31.0 Å². The van der Waals surface area contributed by atoms with E-state index >= 15 is 0 Å². The van der Waals surface area contributed by atoms with Crippen LogP contribution in [0.2, 0.25) is 0 Å².